The summed E-state index contributed by atoms with van der Waals surface area (Å²) in [5.74, 6) is 0. The van der Waals surface area contributed by atoms with Crippen molar-refractivity contribution >= 4 is 0 Å². The lowest BCUT2D eigenvalue weighted by atomic mass is 10.0. The van der Waals surface area contributed by atoms with Crippen LogP contribution in [0.15, 0.2) is 18.6 Å². The van der Waals surface area contributed by atoms with Crippen LogP contribution in [0.5, 0.6) is 0 Å². The molecule has 1 aliphatic rings. The summed E-state index contributed by atoms with van der Waals surface area (Å²) in [6, 6.07) is 0.653. The smallest absolute Gasteiger partial charge is 0.0726 e. The highest BCUT2D eigenvalue weighted by atomic mass is 15.2. The molecule has 16 heavy (non-hydrogen) atoms. The molecule has 1 aromatic rings. The van der Waals surface area contributed by atoms with E-state index in [2.05, 4.69) is 20.2 Å². The number of piperidine rings is 1. The van der Waals surface area contributed by atoms with Crippen LogP contribution in [-0.4, -0.2) is 41.0 Å². The molecule has 4 nitrogen and oxygen atoms in total. The fraction of sp³-hybridized carbons (Fsp3) is 0.667. The Bertz CT molecular complexity index is 299. The predicted molar refractivity (Wildman–Crippen MR) is 64.0 cm³/mol. The van der Waals surface area contributed by atoms with Crippen LogP contribution in [-0.2, 0) is 6.54 Å². The largest absolute Gasteiger partial charge is 0.318 e. The molecular weight excluding hydrogens is 200 g/mol. The van der Waals surface area contributed by atoms with E-state index in [1.54, 1.807) is 12.4 Å². The Morgan fingerprint density at radius 3 is 3.12 bits per heavy atom. The van der Waals surface area contributed by atoms with E-state index in [4.69, 9.17) is 0 Å². The van der Waals surface area contributed by atoms with E-state index >= 15 is 0 Å². The summed E-state index contributed by atoms with van der Waals surface area (Å²) >= 11 is 0. The Labute approximate surface area is 97.1 Å². The van der Waals surface area contributed by atoms with Gasteiger partial charge in [-0.05, 0) is 26.4 Å². The SMILES string of the molecule is CNCC1CCCCN1Cc1cnccn1. The number of nitrogens with one attached hydrogen (secondary N) is 1. The molecule has 0 spiro atoms. The summed E-state index contributed by atoms with van der Waals surface area (Å²) in [4.78, 5) is 11.0. The highest BCUT2D eigenvalue weighted by Crippen LogP contribution is 2.18. The summed E-state index contributed by atoms with van der Waals surface area (Å²) in [6.45, 7) is 3.18. The zero-order chi connectivity index (χ0) is 11.2. The van der Waals surface area contributed by atoms with Crippen LogP contribution in [0.4, 0.5) is 0 Å². The molecule has 2 heterocycles. The maximum absolute atomic E-state index is 4.34. The van der Waals surface area contributed by atoms with Crippen LogP contribution < -0.4 is 5.32 Å². The number of hydrogen-bond acceptors (Lipinski definition) is 4. The van der Waals surface area contributed by atoms with E-state index in [9.17, 15) is 0 Å². The maximum atomic E-state index is 4.34. The van der Waals surface area contributed by atoms with Crippen LogP contribution in [0.3, 0.4) is 0 Å². The molecule has 1 fully saturated rings. The topological polar surface area (TPSA) is 41.0 Å². The van der Waals surface area contributed by atoms with Gasteiger partial charge >= 0.3 is 0 Å². The molecule has 0 radical (unpaired) electrons. The van der Waals surface area contributed by atoms with Crippen molar-refractivity contribution < 1.29 is 0 Å². The second-order valence-electron chi connectivity index (χ2n) is 4.37. The van der Waals surface area contributed by atoms with Crippen molar-refractivity contribution in [3.8, 4) is 0 Å². The lowest BCUT2D eigenvalue weighted by molar-refractivity contribution is 0.137. The van der Waals surface area contributed by atoms with Gasteiger partial charge in [-0.2, -0.15) is 0 Å². The Balaban J connectivity index is 1.96. The van der Waals surface area contributed by atoms with Gasteiger partial charge in [-0.25, -0.2) is 0 Å². The fourth-order valence-corrected chi connectivity index (χ4v) is 2.35. The zero-order valence-electron chi connectivity index (χ0n) is 9.89. The first-order chi connectivity index (χ1) is 7.90. The Hall–Kier alpha value is -1.00. The van der Waals surface area contributed by atoms with Crippen molar-refractivity contribution in [1.29, 1.82) is 0 Å². The first-order valence-electron chi connectivity index (χ1n) is 6.03. The third-order valence-corrected chi connectivity index (χ3v) is 3.17. The molecule has 1 N–H and O–H groups in total. The van der Waals surface area contributed by atoms with Gasteiger partial charge in [0.25, 0.3) is 0 Å². The van der Waals surface area contributed by atoms with E-state index < -0.39 is 0 Å². The van der Waals surface area contributed by atoms with Crippen LogP contribution in [0.2, 0.25) is 0 Å². The van der Waals surface area contributed by atoms with E-state index in [-0.39, 0.29) is 0 Å². The summed E-state index contributed by atoms with van der Waals surface area (Å²) in [7, 11) is 2.02. The van der Waals surface area contributed by atoms with E-state index in [0.29, 0.717) is 6.04 Å². The average Bonchev–Trinajstić information content (AvgIpc) is 2.33. The monoisotopic (exact) mass is 220 g/mol. The molecule has 1 aromatic heterocycles. The van der Waals surface area contributed by atoms with Crippen LogP contribution in [0.1, 0.15) is 25.0 Å². The zero-order valence-corrected chi connectivity index (χ0v) is 9.89. The van der Waals surface area contributed by atoms with Crippen LogP contribution in [0, 0.1) is 0 Å². The molecule has 1 atom stereocenters. The third-order valence-electron chi connectivity index (χ3n) is 3.17. The summed E-state index contributed by atoms with van der Waals surface area (Å²) < 4.78 is 0. The second-order valence-corrected chi connectivity index (χ2v) is 4.37. The van der Waals surface area contributed by atoms with Crippen molar-refractivity contribution in [3.63, 3.8) is 0 Å². The van der Waals surface area contributed by atoms with Gasteiger partial charge in [0.1, 0.15) is 0 Å². The number of hydrogen-bond donors (Lipinski definition) is 1. The first-order valence-corrected chi connectivity index (χ1v) is 6.03. The Kier molecular flexibility index (Phi) is 4.25. The summed E-state index contributed by atoms with van der Waals surface area (Å²) in [5.41, 5.74) is 1.07. The quantitative estimate of drug-likeness (QED) is 0.823. The summed E-state index contributed by atoms with van der Waals surface area (Å²) in [6.07, 6.45) is 9.31. The highest BCUT2D eigenvalue weighted by Gasteiger charge is 2.21. The third kappa shape index (κ3) is 3.00. The lowest BCUT2D eigenvalue weighted by Crippen LogP contribution is -2.44. The van der Waals surface area contributed by atoms with Gasteiger partial charge in [0.15, 0.2) is 0 Å². The van der Waals surface area contributed by atoms with Crippen molar-refractivity contribution in [3.05, 3.63) is 24.3 Å². The van der Waals surface area contributed by atoms with Gasteiger partial charge in [0, 0.05) is 37.7 Å². The van der Waals surface area contributed by atoms with E-state index in [1.807, 2.05) is 13.2 Å². The van der Waals surface area contributed by atoms with E-state index in [1.165, 1.54) is 25.8 Å². The Morgan fingerprint density at radius 2 is 2.38 bits per heavy atom. The molecule has 1 unspecified atom stereocenters. The maximum Gasteiger partial charge on any atom is 0.0726 e. The number of nitrogens with zero attached hydrogens (tertiary/aromatic N) is 3. The van der Waals surface area contributed by atoms with Crippen molar-refractivity contribution in [2.24, 2.45) is 0 Å². The van der Waals surface area contributed by atoms with Crippen molar-refractivity contribution in [2.75, 3.05) is 20.1 Å². The Morgan fingerprint density at radius 1 is 1.44 bits per heavy atom. The van der Waals surface area contributed by atoms with Gasteiger partial charge in [0.2, 0.25) is 0 Å². The molecular formula is C12H20N4. The van der Waals surface area contributed by atoms with Gasteiger partial charge in [0.05, 0.1) is 5.69 Å². The van der Waals surface area contributed by atoms with Gasteiger partial charge in [-0.15, -0.1) is 0 Å². The molecule has 0 aromatic carbocycles. The fourth-order valence-electron chi connectivity index (χ4n) is 2.35. The molecule has 0 bridgehead atoms. The number of likely N-dealkylation sites (N-methyl/N-ethyl adjacent to an activating group) is 1. The highest BCUT2D eigenvalue weighted by molar-refractivity contribution is 4.96. The van der Waals surface area contributed by atoms with Gasteiger partial charge < -0.3 is 5.32 Å². The van der Waals surface area contributed by atoms with Gasteiger partial charge in [-0.3, -0.25) is 14.9 Å². The minimum absolute atomic E-state index is 0.653. The van der Waals surface area contributed by atoms with Gasteiger partial charge in [-0.1, -0.05) is 6.42 Å². The molecule has 0 amide bonds. The minimum Gasteiger partial charge on any atom is -0.318 e. The number of likely N-dealkylation sites (tertiary alicyclic amines) is 1. The molecule has 4 heteroatoms. The van der Waals surface area contributed by atoms with Crippen LogP contribution >= 0.6 is 0 Å². The molecule has 0 saturated carbocycles. The molecule has 1 aliphatic heterocycles. The second kappa shape index (κ2) is 5.92. The van der Waals surface area contributed by atoms with Crippen molar-refractivity contribution in [1.82, 2.24) is 20.2 Å². The number of rotatable bonds is 4. The number of aromatic nitrogens is 2. The molecule has 1 saturated heterocycles. The standard InChI is InChI=1S/C12H20N4/c1-13-9-12-4-2-3-7-16(12)10-11-8-14-5-6-15-11/h5-6,8,12-13H,2-4,7,9-10H2,1H3. The molecule has 0 aliphatic carbocycles. The first kappa shape index (κ1) is 11.5. The molecule has 2 rings (SSSR count). The predicted octanol–water partition coefficient (Wildman–Crippen LogP) is 1.05. The van der Waals surface area contributed by atoms with Crippen molar-refractivity contribution in [2.45, 2.75) is 31.8 Å². The summed E-state index contributed by atoms with van der Waals surface area (Å²) in [5, 5.41) is 3.28. The average molecular weight is 220 g/mol. The van der Waals surface area contributed by atoms with E-state index in [0.717, 1.165) is 18.8 Å². The van der Waals surface area contributed by atoms with Crippen LogP contribution in [0.25, 0.3) is 0 Å². The normalized spacial score (nSPS) is 22.2. The minimum atomic E-state index is 0.653. The lowest BCUT2D eigenvalue weighted by Gasteiger charge is -2.35. The molecule has 88 valence electrons.